The first-order chi connectivity index (χ1) is 24.9. The van der Waals surface area contributed by atoms with Crippen LogP contribution < -0.4 is 0 Å². The maximum Gasteiger partial charge on any atom is 0.306 e. The second-order valence-electron chi connectivity index (χ2n) is 15.8. The Morgan fingerprint density at radius 3 is 0.961 bits per heavy atom. The number of hydrogen-bond donors (Lipinski definition) is 0. The summed E-state index contributed by atoms with van der Waals surface area (Å²) >= 11 is 0. The van der Waals surface area contributed by atoms with Crippen molar-refractivity contribution in [3.05, 3.63) is 0 Å². The third-order valence-corrected chi connectivity index (χ3v) is 10.0. The van der Waals surface area contributed by atoms with Gasteiger partial charge in [0.2, 0.25) is 0 Å². The smallest absolute Gasteiger partial charge is 0.306 e. The normalized spacial score (nSPS) is 11.9. The van der Waals surface area contributed by atoms with Crippen molar-refractivity contribution in [1.29, 1.82) is 0 Å². The van der Waals surface area contributed by atoms with Gasteiger partial charge in [0.05, 0.1) is 0 Å². The predicted molar refractivity (Wildman–Crippen MR) is 215 cm³/mol. The monoisotopic (exact) mass is 723 g/mol. The molecule has 0 fully saturated rings. The number of ether oxygens (including phenoxy) is 3. The molecule has 0 aliphatic carbocycles. The van der Waals surface area contributed by atoms with Gasteiger partial charge in [0.25, 0.3) is 0 Å². The summed E-state index contributed by atoms with van der Waals surface area (Å²) in [7, 11) is 0. The largest absolute Gasteiger partial charge is 0.462 e. The summed E-state index contributed by atoms with van der Waals surface area (Å²) in [6.45, 7) is 8.94. The van der Waals surface area contributed by atoms with Crippen LogP contribution in [0.2, 0.25) is 0 Å². The topological polar surface area (TPSA) is 78.9 Å². The first kappa shape index (κ1) is 49.4. The van der Waals surface area contributed by atoms with E-state index >= 15 is 0 Å². The van der Waals surface area contributed by atoms with E-state index in [1.54, 1.807) is 0 Å². The second-order valence-corrected chi connectivity index (χ2v) is 15.8. The zero-order chi connectivity index (χ0) is 37.5. The lowest BCUT2D eigenvalue weighted by Crippen LogP contribution is -2.30. The number of rotatable bonds is 40. The zero-order valence-corrected chi connectivity index (χ0v) is 34.6. The van der Waals surface area contributed by atoms with Crippen molar-refractivity contribution in [3.8, 4) is 0 Å². The number of hydrogen-bond acceptors (Lipinski definition) is 6. The number of carbonyl (C=O) groups is 3. The summed E-state index contributed by atoms with van der Waals surface area (Å²) in [5, 5.41) is 0. The fourth-order valence-electron chi connectivity index (χ4n) is 6.63. The van der Waals surface area contributed by atoms with Crippen LogP contribution in [0.3, 0.4) is 0 Å². The lowest BCUT2D eigenvalue weighted by Gasteiger charge is -2.18. The van der Waals surface area contributed by atoms with Crippen LogP contribution in [0.5, 0.6) is 0 Å². The van der Waals surface area contributed by atoms with E-state index < -0.39 is 6.10 Å². The maximum atomic E-state index is 12.6. The van der Waals surface area contributed by atoms with Gasteiger partial charge in [-0.1, -0.05) is 207 Å². The molecule has 1 atom stereocenters. The van der Waals surface area contributed by atoms with Crippen molar-refractivity contribution in [2.75, 3.05) is 13.2 Å². The van der Waals surface area contributed by atoms with Gasteiger partial charge in [-0.3, -0.25) is 14.4 Å². The molecule has 0 aromatic rings. The fourth-order valence-corrected chi connectivity index (χ4v) is 6.63. The Balaban J connectivity index is 4.30. The van der Waals surface area contributed by atoms with E-state index in [1.807, 2.05) is 0 Å². The van der Waals surface area contributed by atoms with Gasteiger partial charge in [-0.05, 0) is 25.2 Å². The molecule has 51 heavy (non-hydrogen) atoms. The summed E-state index contributed by atoms with van der Waals surface area (Å²) in [6.07, 6.45) is 38.0. The Bertz CT molecular complexity index is 766. The Kier molecular flexibility index (Phi) is 38.4. The van der Waals surface area contributed by atoms with Crippen LogP contribution in [0, 0.1) is 5.92 Å². The minimum atomic E-state index is -0.758. The van der Waals surface area contributed by atoms with Gasteiger partial charge in [0.1, 0.15) is 13.2 Å². The third kappa shape index (κ3) is 39.5. The molecule has 302 valence electrons. The Morgan fingerprint density at radius 2 is 0.647 bits per heavy atom. The molecule has 0 spiro atoms. The minimum Gasteiger partial charge on any atom is -0.462 e. The highest BCUT2D eigenvalue weighted by atomic mass is 16.6. The number of unbranched alkanes of at least 4 members (excludes halogenated alkanes) is 27. The van der Waals surface area contributed by atoms with Gasteiger partial charge < -0.3 is 14.2 Å². The van der Waals surface area contributed by atoms with Crippen molar-refractivity contribution in [2.45, 2.75) is 252 Å². The highest BCUT2D eigenvalue weighted by Gasteiger charge is 2.19. The fraction of sp³-hybridized carbons (Fsp3) is 0.933. The first-order valence-electron chi connectivity index (χ1n) is 22.4. The molecule has 0 aromatic carbocycles. The second kappa shape index (κ2) is 39.6. The van der Waals surface area contributed by atoms with Gasteiger partial charge in [-0.25, -0.2) is 0 Å². The van der Waals surface area contributed by atoms with Crippen molar-refractivity contribution in [1.82, 2.24) is 0 Å². The molecule has 0 radical (unpaired) electrons. The molecule has 0 amide bonds. The van der Waals surface area contributed by atoms with E-state index in [4.69, 9.17) is 14.2 Å². The molecule has 0 rings (SSSR count). The highest BCUT2D eigenvalue weighted by Crippen LogP contribution is 2.16. The van der Waals surface area contributed by atoms with Crippen molar-refractivity contribution < 1.29 is 28.6 Å². The summed E-state index contributed by atoms with van der Waals surface area (Å²) in [4.78, 5) is 37.6. The van der Waals surface area contributed by atoms with Crippen molar-refractivity contribution in [2.24, 2.45) is 5.92 Å². The van der Waals surface area contributed by atoms with Crippen LogP contribution in [-0.4, -0.2) is 37.2 Å². The molecule has 0 aliphatic rings. The molecule has 0 heterocycles. The maximum absolute atomic E-state index is 12.6. The molecule has 0 saturated heterocycles. The summed E-state index contributed by atoms with van der Waals surface area (Å²) in [5.74, 6) is -0.0625. The highest BCUT2D eigenvalue weighted by molar-refractivity contribution is 5.71. The van der Waals surface area contributed by atoms with Crippen LogP contribution in [0.4, 0.5) is 0 Å². The molecule has 0 aliphatic heterocycles. The van der Waals surface area contributed by atoms with E-state index in [0.29, 0.717) is 19.3 Å². The van der Waals surface area contributed by atoms with Crippen molar-refractivity contribution in [3.63, 3.8) is 0 Å². The Labute approximate surface area is 317 Å². The molecule has 0 unspecified atom stereocenters. The van der Waals surface area contributed by atoms with E-state index in [2.05, 4.69) is 27.7 Å². The summed E-state index contributed by atoms with van der Waals surface area (Å²) in [6, 6.07) is 0. The molecule has 6 nitrogen and oxygen atoms in total. The standard InChI is InChI=1S/C45H86O6/c1-5-7-9-11-13-15-16-17-18-20-24-28-32-36-43(46)49-39-42(51-45(48)38-34-30-26-19-14-12-10-8-6-2)40-50-44(47)37-33-29-25-22-21-23-27-31-35-41(3)4/h41-42H,5-40H2,1-4H3/t42-/m1/s1. The molecule has 6 heteroatoms. The van der Waals surface area contributed by atoms with Gasteiger partial charge in [-0.2, -0.15) is 0 Å². The molecule has 0 N–H and O–H groups in total. The Morgan fingerprint density at radius 1 is 0.373 bits per heavy atom. The lowest BCUT2D eigenvalue weighted by atomic mass is 10.0. The summed E-state index contributed by atoms with van der Waals surface area (Å²) < 4.78 is 16.7. The van der Waals surface area contributed by atoms with Crippen LogP contribution >= 0.6 is 0 Å². The van der Waals surface area contributed by atoms with E-state index in [-0.39, 0.29) is 31.1 Å². The molecular formula is C45H86O6. The average molecular weight is 723 g/mol. The third-order valence-electron chi connectivity index (χ3n) is 10.0. The zero-order valence-electron chi connectivity index (χ0n) is 34.6. The Hall–Kier alpha value is -1.59. The lowest BCUT2D eigenvalue weighted by molar-refractivity contribution is -0.167. The van der Waals surface area contributed by atoms with E-state index in [1.165, 1.54) is 141 Å². The molecular weight excluding hydrogens is 636 g/mol. The van der Waals surface area contributed by atoms with Crippen LogP contribution in [0.1, 0.15) is 246 Å². The van der Waals surface area contributed by atoms with Gasteiger partial charge in [0, 0.05) is 19.3 Å². The van der Waals surface area contributed by atoms with Gasteiger partial charge in [0.15, 0.2) is 6.10 Å². The predicted octanol–water partition coefficient (Wildman–Crippen LogP) is 13.9. The van der Waals surface area contributed by atoms with E-state index in [0.717, 1.165) is 63.7 Å². The quantitative estimate of drug-likeness (QED) is 0.0356. The SMILES string of the molecule is CCCCCCCCCCCCCCCC(=O)OC[C@H](COC(=O)CCCCCCCCCCC(C)C)OC(=O)CCCCCCCCCCC. The number of esters is 3. The molecule has 0 saturated carbocycles. The van der Waals surface area contributed by atoms with Crippen LogP contribution in [0.15, 0.2) is 0 Å². The first-order valence-corrected chi connectivity index (χ1v) is 22.4. The van der Waals surface area contributed by atoms with Crippen LogP contribution in [-0.2, 0) is 28.6 Å². The number of carbonyl (C=O) groups excluding carboxylic acids is 3. The van der Waals surface area contributed by atoms with Gasteiger partial charge >= 0.3 is 17.9 Å². The van der Waals surface area contributed by atoms with Crippen LogP contribution in [0.25, 0.3) is 0 Å². The molecule has 0 aromatic heterocycles. The minimum absolute atomic E-state index is 0.0643. The van der Waals surface area contributed by atoms with E-state index in [9.17, 15) is 14.4 Å². The van der Waals surface area contributed by atoms with Gasteiger partial charge in [-0.15, -0.1) is 0 Å². The molecule has 0 bridgehead atoms. The van der Waals surface area contributed by atoms with Crippen molar-refractivity contribution >= 4 is 17.9 Å². The summed E-state index contributed by atoms with van der Waals surface area (Å²) in [5.41, 5.74) is 0. The average Bonchev–Trinajstić information content (AvgIpc) is 3.11.